The molecule has 1 aromatic heterocycles. The fourth-order valence-corrected chi connectivity index (χ4v) is 1.61. The van der Waals surface area contributed by atoms with Gasteiger partial charge >= 0.3 is 0 Å². The van der Waals surface area contributed by atoms with Gasteiger partial charge in [0.2, 0.25) is 12.3 Å². The Balaban J connectivity index is 1.90. The molecule has 1 aromatic carbocycles. The highest BCUT2D eigenvalue weighted by Gasteiger charge is 2.18. The third-order valence-electron chi connectivity index (χ3n) is 2.58. The van der Waals surface area contributed by atoms with Gasteiger partial charge < -0.3 is 9.84 Å². The number of amides is 1. The monoisotopic (exact) mass is 256 g/mol. The van der Waals surface area contributed by atoms with Crippen LogP contribution < -0.4 is 5.32 Å². The minimum Gasteiger partial charge on any atom is -0.348 e. The van der Waals surface area contributed by atoms with Gasteiger partial charge in [-0.2, -0.15) is 10.2 Å². The Kier molecular flexibility index (Phi) is 4.24. The van der Waals surface area contributed by atoms with Crippen LogP contribution in [-0.4, -0.2) is 16.0 Å². The SMILES string of the molecule is N#CC(Cc1ccccc1)C(=O)NCc1ncon1. The molecule has 0 aliphatic rings. The second kappa shape index (κ2) is 6.31. The van der Waals surface area contributed by atoms with Crippen LogP contribution in [0, 0.1) is 17.2 Å². The molecule has 1 atom stereocenters. The van der Waals surface area contributed by atoms with Gasteiger partial charge in [-0.25, -0.2) is 0 Å². The predicted octanol–water partition coefficient (Wildman–Crippen LogP) is 1.07. The van der Waals surface area contributed by atoms with Crippen LogP contribution in [0.2, 0.25) is 0 Å². The Morgan fingerprint density at radius 3 is 2.84 bits per heavy atom. The minimum atomic E-state index is -0.727. The van der Waals surface area contributed by atoms with Crippen molar-refractivity contribution in [1.82, 2.24) is 15.5 Å². The van der Waals surface area contributed by atoms with Crippen LogP contribution >= 0.6 is 0 Å². The molecule has 2 aromatic rings. The molecule has 0 aliphatic heterocycles. The molecular formula is C13H12N4O2. The van der Waals surface area contributed by atoms with Crippen LogP contribution in [0.25, 0.3) is 0 Å². The van der Waals surface area contributed by atoms with E-state index in [1.54, 1.807) is 0 Å². The zero-order valence-corrected chi connectivity index (χ0v) is 10.1. The largest absolute Gasteiger partial charge is 0.348 e. The van der Waals surface area contributed by atoms with Gasteiger partial charge in [-0.1, -0.05) is 35.5 Å². The molecule has 19 heavy (non-hydrogen) atoms. The summed E-state index contributed by atoms with van der Waals surface area (Å²) in [6.45, 7) is 0.155. The van der Waals surface area contributed by atoms with Crippen molar-refractivity contribution in [2.45, 2.75) is 13.0 Å². The summed E-state index contributed by atoms with van der Waals surface area (Å²) < 4.78 is 4.55. The van der Waals surface area contributed by atoms with E-state index < -0.39 is 5.92 Å². The molecule has 0 spiro atoms. The molecule has 1 heterocycles. The van der Waals surface area contributed by atoms with E-state index in [9.17, 15) is 4.79 Å². The lowest BCUT2D eigenvalue weighted by Gasteiger charge is -2.08. The first-order chi connectivity index (χ1) is 9.29. The molecule has 1 amide bonds. The highest BCUT2D eigenvalue weighted by atomic mass is 16.5. The first-order valence-corrected chi connectivity index (χ1v) is 5.76. The normalized spacial score (nSPS) is 11.5. The van der Waals surface area contributed by atoms with Crippen molar-refractivity contribution in [2.75, 3.05) is 0 Å². The number of aromatic nitrogens is 2. The fraction of sp³-hybridized carbons (Fsp3) is 0.231. The molecular weight excluding hydrogens is 244 g/mol. The zero-order chi connectivity index (χ0) is 13.5. The maximum Gasteiger partial charge on any atom is 0.238 e. The third kappa shape index (κ3) is 3.64. The Bertz CT molecular complexity index is 560. The summed E-state index contributed by atoms with van der Waals surface area (Å²) in [5, 5.41) is 15.2. The molecule has 0 saturated heterocycles. The summed E-state index contributed by atoms with van der Waals surface area (Å²) in [6.07, 6.45) is 1.57. The van der Waals surface area contributed by atoms with E-state index in [4.69, 9.17) is 5.26 Å². The van der Waals surface area contributed by atoms with Crippen LogP contribution in [0.15, 0.2) is 41.2 Å². The Hall–Kier alpha value is -2.68. The standard InChI is InChI=1S/C13H12N4O2/c14-7-11(6-10-4-2-1-3-5-10)13(18)15-8-12-16-9-19-17-12/h1-5,9,11H,6,8H2,(H,15,18). The highest BCUT2D eigenvalue weighted by Crippen LogP contribution is 2.08. The lowest BCUT2D eigenvalue weighted by molar-refractivity contribution is -0.123. The second-order valence-corrected chi connectivity index (χ2v) is 3.94. The maximum absolute atomic E-state index is 11.9. The van der Waals surface area contributed by atoms with Crippen molar-refractivity contribution in [2.24, 2.45) is 5.92 Å². The first-order valence-electron chi connectivity index (χ1n) is 5.76. The lowest BCUT2D eigenvalue weighted by atomic mass is 10.00. The molecule has 0 saturated carbocycles. The van der Waals surface area contributed by atoms with E-state index in [0.717, 1.165) is 5.56 Å². The quantitative estimate of drug-likeness (QED) is 0.863. The molecule has 6 heteroatoms. The van der Waals surface area contributed by atoms with E-state index in [1.807, 2.05) is 36.4 Å². The molecule has 0 aliphatic carbocycles. The average molecular weight is 256 g/mol. The van der Waals surface area contributed by atoms with Crippen molar-refractivity contribution in [1.29, 1.82) is 5.26 Å². The van der Waals surface area contributed by atoms with Gasteiger partial charge in [-0.3, -0.25) is 4.79 Å². The number of hydrogen-bond acceptors (Lipinski definition) is 5. The smallest absolute Gasteiger partial charge is 0.238 e. The van der Waals surface area contributed by atoms with Gasteiger partial charge in [0.1, 0.15) is 5.92 Å². The van der Waals surface area contributed by atoms with Gasteiger partial charge in [-0.15, -0.1) is 0 Å². The third-order valence-corrected chi connectivity index (χ3v) is 2.58. The number of benzene rings is 1. The van der Waals surface area contributed by atoms with Crippen LogP contribution in [0.4, 0.5) is 0 Å². The summed E-state index contributed by atoms with van der Waals surface area (Å²) in [5.41, 5.74) is 0.948. The van der Waals surface area contributed by atoms with Crippen LogP contribution in [0.5, 0.6) is 0 Å². The molecule has 6 nitrogen and oxygen atoms in total. The van der Waals surface area contributed by atoms with Crippen molar-refractivity contribution >= 4 is 5.91 Å². The number of nitrogens with one attached hydrogen (secondary N) is 1. The lowest BCUT2D eigenvalue weighted by Crippen LogP contribution is -2.31. The van der Waals surface area contributed by atoms with E-state index in [1.165, 1.54) is 6.39 Å². The first kappa shape index (κ1) is 12.8. The van der Waals surface area contributed by atoms with Gasteiger partial charge in [-0.05, 0) is 12.0 Å². The van der Waals surface area contributed by atoms with E-state index in [0.29, 0.717) is 12.2 Å². The van der Waals surface area contributed by atoms with Crippen molar-refractivity contribution in [3.63, 3.8) is 0 Å². The molecule has 0 radical (unpaired) electrons. The van der Waals surface area contributed by atoms with Crippen molar-refractivity contribution < 1.29 is 9.32 Å². The van der Waals surface area contributed by atoms with Gasteiger partial charge in [0, 0.05) is 0 Å². The van der Waals surface area contributed by atoms with Gasteiger partial charge in [0.05, 0.1) is 12.6 Å². The predicted molar refractivity (Wildman–Crippen MR) is 65.4 cm³/mol. The van der Waals surface area contributed by atoms with Crippen LogP contribution in [0.1, 0.15) is 11.4 Å². The van der Waals surface area contributed by atoms with Crippen molar-refractivity contribution in [3.8, 4) is 6.07 Å². The van der Waals surface area contributed by atoms with Gasteiger partial charge in [0.25, 0.3) is 0 Å². The summed E-state index contributed by atoms with van der Waals surface area (Å²) in [7, 11) is 0. The molecule has 0 fully saturated rings. The molecule has 1 unspecified atom stereocenters. The Morgan fingerprint density at radius 2 is 2.21 bits per heavy atom. The van der Waals surface area contributed by atoms with Crippen LogP contribution in [0.3, 0.4) is 0 Å². The molecule has 1 N–H and O–H groups in total. The highest BCUT2D eigenvalue weighted by molar-refractivity contribution is 5.81. The summed E-state index contributed by atoms with van der Waals surface area (Å²) >= 11 is 0. The number of nitrogens with zero attached hydrogens (tertiary/aromatic N) is 3. The second-order valence-electron chi connectivity index (χ2n) is 3.94. The molecule has 0 bridgehead atoms. The Morgan fingerprint density at radius 1 is 1.42 bits per heavy atom. The van der Waals surface area contributed by atoms with E-state index >= 15 is 0 Å². The number of hydrogen-bond donors (Lipinski definition) is 1. The molecule has 2 rings (SSSR count). The maximum atomic E-state index is 11.9. The summed E-state index contributed by atoms with van der Waals surface area (Å²) in [4.78, 5) is 15.6. The van der Waals surface area contributed by atoms with Gasteiger partial charge in [0.15, 0.2) is 5.82 Å². The number of nitriles is 1. The van der Waals surface area contributed by atoms with Crippen LogP contribution in [-0.2, 0) is 17.8 Å². The van der Waals surface area contributed by atoms with Crippen molar-refractivity contribution in [3.05, 3.63) is 48.1 Å². The topological polar surface area (TPSA) is 91.8 Å². The molecule has 96 valence electrons. The zero-order valence-electron chi connectivity index (χ0n) is 10.1. The number of carbonyl (C=O) groups is 1. The summed E-state index contributed by atoms with van der Waals surface area (Å²) in [5.74, 6) is -0.685. The minimum absolute atomic E-state index is 0.155. The van der Waals surface area contributed by atoms with E-state index in [2.05, 4.69) is 20.0 Å². The number of rotatable bonds is 5. The van der Waals surface area contributed by atoms with E-state index in [-0.39, 0.29) is 12.5 Å². The summed E-state index contributed by atoms with van der Waals surface area (Å²) in [6, 6.07) is 11.4. The Labute approximate surface area is 110 Å². The fourth-order valence-electron chi connectivity index (χ4n) is 1.61. The average Bonchev–Trinajstić information content (AvgIpc) is 2.96. The number of carbonyl (C=O) groups excluding carboxylic acids is 1.